The first kappa shape index (κ1) is 18.6. The van der Waals surface area contributed by atoms with Crippen molar-refractivity contribution >= 4 is 35.0 Å². The van der Waals surface area contributed by atoms with Crippen LogP contribution in [0.25, 0.3) is 0 Å². The molecule has 0 radical (unpaired) electrons. The molecule has 2 N–H and O–H groups in total. The van der Waals surface area contributed by atoms with Gasteiger partial charge in [-0.3, -0.25) is 14.5 Å². The maximum Gasteiger partial charge on any atom is 0.305 e. The molecular formula is C17H20N4O4S. The number of carbonyl (C=O) groups is 2. The van der Waals surface area contributed by atoms with Crippen molar-refractivity contribution in [2.75, 3.05) is 26.3 Å². The van der Waals surface area contributed by atoms with Gasteiger partial charge in [0.25, 0.3) is 0 Å². The summed E-state index contributed by atoms with van der Waals surface area (Å²) in [6, 6.07) is 8.02. The maximum atomic E-state index is 11.6. The van der Waals surface area contributed by atoms with Crippen LogP contribution in [0, 0.1) is 0 Å². The first-order chi connectivity index (χ1) is 12.6. The first-order valence-corrected chi connectivity index (χ1v) is 9.17. The van der Waals surface area contributed by atoms with Crippen LogP contribution in [0.5, 0.6) is 0 Å². The Labute approximate surface area is 155 Å². The third-order valence-electron chi connectivity index (χ3n) is 3.95. The van der Waals surface area contributed by atoms with E-state index in [4.69, 9.17) is 9.84 Å². The van der Waals surface area contributed by atoms with Gasteiger partial charge < -0.3 is 15.2 Å². The van der Waals surface area contributed by atoms with E-state index in [9.17, 15) is 9.59 Å². The molecule has 0 aliphatic carbocycles. The quantitative estimate of drug-likeness (QED) is 0.565. The number of carbonyl (C=O) groups excluding carboxylic acids is 1. The molecule has 2 aliphatic rings. The van der Waals surface area contributed by atoms with Gasteiger partial charge in [0.1, 0.15) is 5.25 Å². The maximum absolute atomic E-state index is 11.6. The van der Waals surface area contributed by atoms with Crippen molar-refractivity contribution in [1.82, 2.24) is 10.2 Å². The number of morpholine rings is 1. The molecule has 1 unspecified atom stereocenters. The standard InChI is InChI=1S/C17H20N4O4S/c22-15(23)9-14-16(24)19-17(26-14)20-18-10-12-2-1-3-13(8-12)11-21-4-6-25-7-5-21/h1-3,8,10,14H,4-7,9,11H2,(H,22,23)(H,19,20,24). The molecule has 138 valence electrons. The lowest BCUT2D eigenvalue weighted by atomic mass is 10.1. The Morgan fingerprint density at radius 3 is 3.00 bits per heavy atom. The second kappa shape index (κ2) is 8.93. The van der Waals surface area contributed by atoms with E-state index in [0.29, 0.717) is 5.17 Å². The molecule has 1 amide bonds. The van der Waals surface area contributed by atoms with Crippen molar-refractivity contribution in [3.8, 4) is 0 Å². The van der Waals surface area contributed by atoms with Crippen LogP contribution in [-0.4, -0.2) is 64.8 Å². The fraction of sp³-hybridized carbons (Fsp3) is 0.412. The summed E-state index contributed by atoms with van der Waals surface area (Å²) in [7, 11) is 0. The van der Waals surface area contributed by atoms with Crippen LogP contribution in [0.2, 0.25) is 0 Å². The van der Waals surface area contributed by atoms with E-state index < -0.39 is 11.2 Å². The van der Waals surface area contributed by atoms with Gasteiger partial charge in [-0.15, -0.1) is 5.10 Å². The highest BCUT2D eigenvalue weighted by Gasteiger charge is 2.32. The number of ether oxygens (including phenoxy) is 1. The Morgan fingerprint density at radius 2 is 2.23 bits per heavy atom. The van der Waals surface area contributed by atoms with Crippen molar-refractivity contribution in [3.05, 3.63) is 35.4 Å². The van der Waals surface area contributed by atoms with Crippen molar-refractivity contribution in [2.45, 2.75) is 18.2 Å². The van der Waals surface area contributed by atoms with Gasteiger partial charge in [-0.2, -0.15) is 5.10 Å². The third-order valence-corrected chi connectivity index (χ3v) is 5.02. The molecule has 2 aliphatic heterocycles. The monoisotopic (exact) mass is 376 g/mol. The van der Waals surface area contributed by atoms with Gasteiger partial charge in [-0.1, -0.05) is 30.0 Å². The molecule has 9 heteroatoms. The Balaban J connectivity index is 1.57. The minimum atomic E-state index is -1.01. The molecule has 0 spiro atoms. The predicted molar refractivity (Wildman–Crippen MR) is 99.3 cm³/mol. The number of benzene rings is 1. The van der Waals surface area contributed by atoms with E-state index >= 15 is 0 Å². The molecule has 2 saturated heterocycles. The fourth-order valence-corrected chi connectivity index (χ4v) is 3.60. The lowest BCUT2D eigenvalue weighted by Gasteiger charge is -2.26. The summed E-state index contributed by atoms with van der Waals surface area (Å²) in [5.74, 6) is -1.36. The minimum Gasteiger partial charge on any atom is -0.481 e. The van der Waals surface area contributed by atoms with E-state index in [-0.39, 0.29) is 12.3 Å². The van der Waals surface area contributed by atoms with E-state index in [1.165, 1.54) is 5.56 Å². The second-order valence-electron chi connectivity index (χ2n) is 5.98. The van der Waals surface area contributed by atoms with E-state index in [0.717, 1.165) is 50.2 Å². The van der Waals surface area contributed by atoms with Gasteiger partial charge in [0.15, 0.2) is 5.17 Å². The summed E-state index contributed by atoms with van der Waals surface area (Å²) in [5.41, 5.74) is 2.10. The summed E-state index contributed by atoms with van der Waals surface area (Å²) >= 11 is 1.08. The van der Waals surface area contributed by atoms with Gasteiger partial charge in [0.2, 0.25) is 5.91 Å². The summed E-state index contributed by atoms with van der Waals surface area (Å²) in [6.07, 6.45) is 1.38. The Morgan fingerprint density at radius 1 is 1.42 bits per heavy atom. The number of amidine groups is 1. The number of nitrogens with zero attached hydrogens (tertiary/aromatic N) is 3. The lowest BCUT2D eigenvalue weighted by molar-refractivity contribution is -0.138. The Hall–Kier alpha value is -2.23. The van der Waals surface area contributed by atoms with Gasteiger partial charge >= 0.3 is 5.97 Å². The molecule has 2 fully saturated rings. The van der Waals surface area contributed by atoms with Gasteiger partial charge in [0.05, 0.1) is 25.8 Å². The molecule has 0 aromatic heterocycles. The van der Waals surface area contributed by atoms with Crippen molar-refractivity contribution in [1.29, 1.82) is 0 Å². The van der Waals surface area contributed by atoms with Crippen LogP contribution in [0.15, 0.2) is 34.5 Å². The van der Waals surface area contributed by atoms with Gasteiger partial charge in [-0.25, -0.2) is 0 Å². The van der Waals surface area contributed by atoms with Crippen LogP contribution in [0.4, 0.5) is 0 Å². The normalized spacial score (nSPS) is 22.8. The number of carboxylic acids is 1. The largest absolute Gasteiger partial charge is 0.481 e. The smallest absolute Gasteiger partial charge is 0.305 e. The third kappa shape index (κ3) is 5.38. The number of aliphatic carboxylic acids is 1. The van der Waals surface area contributed by atoms with Crippen LogP contribution in [0.1, 0.15) is 17.5 Å². The van der Waals surface area contributed by atoms with Crippen LogP contribution in [-0.2, 0) is 20.9 Å². The van der Waals surface area contributed by atoms with E-state index in [2.05, 4.69) is 26.5 Å². The summed E-state index contributed by atoms with van der Waals surface area (Å²) in [5, 5.41) is 19.0. The molecule has 26 heavy (non-hydrogen) atoms. The number of nitrogens with one attached hydrogen (secondary N) is 1. The number of amides is 1. The van der Waals surface area contributed by atoms with Crippen LogP contribution < -0.4 is 5.32 Å². The highest BCUT2D eigenvalue weighted by atomic mass is 32.2. The first-order valence-electron chi connectivity index (χ1n) is 8.29. The van der Waals surface area contributed by atoms with E-state index in [1.807, 2.05) is 18.2 Å². The average molecular weight is 376 g/mol. The number of hydrogen-bond acceptors (Lipinski definition) is 7. The molecule has 2 heterocycles. The number of hydrogen-bond donors (Lipinski definition) is 2. The highest BCUT2D eigenvalue weighted by Crippen LogP contribution is 2.22. The summed E-state index contributed by atoms with van der Waals surface area (Å²) < 4.78 is 5.36. The molecule has 0 saturated carbocycles. The van der Waals surface area contributed by atoms with Crippen molar-refractivity contribution < 1.29 is 19.4 Å². The SMILES string of the molecule is O=C(O)CC1SC(=NN=Cc2cccc(CN3CCOCC3)c2)NC1=O. The molecule has 1 atom stereocenters. The van der Waals surface area contributed by atoms with Gasteiger partial charge in [0, 0.05) is 19.6 Å². The average Bonchev–Trinajstić information content (AvgIpc) is 2.95. The zero-order valence-corrected chi connectivity index (χ0v) is 14.9. The summed E-state index contributed by atoms with van der Waals surface area (Å²) in [6.45, 7) is 4.26. The second-order valence-corrected chi connectivity index (χ2v) is 7.17. The molecular weight excluding hydrogens is 356 g/mol. The van der Waals surface area contributed by atoms with E-state index in [1.54, 1.807) is 6.21 Å². The molecule has 8 nitrogen and oxygen atoms in total. The topological polar surface area (TPSA) is 104 Å². The zero-order valence-electron chi connectivity index (χ0n) is 14.1. The van der Waals surface area contributed by atoms with Crippen molar-refractivity contribution in [3.63, 3.8) is 0 Å². The molecule has 0 bridgehead atoms. The number of carboxylic acid groups (broad SMARTS) is 1. The van der Waals surface area contributed by atoms with Crippen LogP contribution >= 0.6 is 11.8 Å². The Bertz CT molecular complexity index is 731. The minimum absolute atomic E-state index is 0.233. The molecule has 1 aromatic rings. The Kier molecular flexibility index (Phi) is 6.37. The predicted octanol–water partition coefficient (Wildman–Crippen LogP) is 0.915. The van der Waals surface area contributed by atoms with Gasteiger partial charge in [-0.05, 0) is 17.2 Å². The number of thioether (sulfide) groups is 1. The van der Waals surface area contributed by atoms with Crippen molar-refractivity contribution in [2.24, 2.45) is 10.2 Å². The zero-order chi connectivity index (χ0) is 18.4. The molecule has 3 rings (SSSR count). The summed E-state index contributed by atoms with van der Waals surface area (Å²) in [4.78, 5) is 24.7. The number of rotatable bonds is 6. The molecule has 1 aromatic carbocycles. The lowest BCUT2D eigenvalue weighted by Crippen LogP contribution is -2.35. The highest BCUT2D eigenvalue weighted by molar-refractivity contribution is 8.15. The fourth-order valence-electron chi connectivity index (χ4n) is 2.68. The van der Waals surface area contributed by atoms with Crippen LogP contribution in [0.3, 0.4) is 0 Å².